The molecule has 26 heavy (non-hydrogen) atoms. The highest BCUT2D eigenvalue weighted by Gasteiger charge is 2.33. The third-order valence-electron chi connectivity index (χ3n) is 4.85. The van der Waals surface area contributed by atoms with Gasteiger partial charge in [-0.05, 0) is 31.5 Å². The van der Waals surface area contributed by atoms with Gasteiger partial charge in [0.25, 0.3) is 5.71 Å². The van der Waals surface area contributed by atoms with E-state index in [-0.39, 0.29) is 10.9 Å². The van der Waals surface area contributed by atoms with Gasteiger partial charge in [0, 0.05) is 31.9 Å². The molecule has 0 aliphatic carbocycles. The summed E-state index contributed by atoms with van der Waals surface area (Å²) in [7, 11) is -1.73. The SMILES string of the molecule is Cc1noc2ncc(S(=O)(=O)N3Cc4ccccc4N(C)CC3C)cc12. The topological polar surface area (TPSA) is 79.5 Å². The number of likely N-dealkylation sites (N-methyl/N-ethyl adjacent to an activating group) is 1. The first-order valence-electron chi connectivity index (χ1n) is 8.41. The van der Waals surface area contributed by atoms with Gasteiger partial charge in [-0.25, -0.2) is 13.4 Å². The Labute approximate surface area is 152 Å². The van der Waals surface area contributed by atoms with E-state index in [0.29, 0.717) is 29.9 Å². The maximum Gasteiger partial charge on any atom is 0.257 e. The number of para-hydroxylation sites is 1. The van der Waals surface area contributed by atoms with E-state index in [1.807, 2.05) is 38.2 Å². The Morgan fingerprint density at radius 2 is 2.04 bits per heavy atom. The van der Waals surface area contributed by atoms with Crippen LogP contribution in [-0.4, -0.2) is 42.5 Å². The number of hydrogen-bond acceptors (Lipinski definition) is 6. The quantitative estimate of drug-likeness (QED) is 0.688. The molecule has 1 aliphatic rings. The molecule has 0 spiro atoms. The molecular weight excluding hydrogens is 352 g/mol. The molecule has 8 heteroatoms. The molecule has 7 nitrogen and oxygen atoms in total. The predicted octanol–water partition coefficient (Wildman–Crippen LogP) is 2.56. The molecule has 0 saturated carbocycles. The summed E-state index contributed by atoms with van der Waals surface area (Å²) in [6.07, 6.45) is 1.34. The van der Waals surface area contributed by atoms with Gasteiger partial charge in [-0.15, -0.1) is 0 Å². The predicted molar refractivity (Wildman–Crippen MR) is 98.4 cm³/mol. The molecule has 1 aliphatic heterocycles. The van der Waals surface area contributed by atoms with Gasteiger partial charge in [0.05, 0.1) is 17.3 Å². The molecule has 0 saturated heterocycles. The fourth-order valence-corrected chi connectivity index (χ4v) is 5.02. The summed E-state index contributed by atoms with van der Waals surface area (Å²) < 4.78 is 33.4. The maximum atomic E-state index is 13.4. The van der Waals surface area contributed by atoms with E-state index >= 15 is 0 Å². The molecule has 3 aromatic rings. The summed E-state index contributed by atoms with van der Waals surface area (Å²) >= 11 is 0. The molecule has 2 aromatic heterocycles. The van der Waals surface area contributed by atoms with E-state index in [2.05, 4.69) is 15.0 Å². The lowest BCUT2D eigenvalue weighted by molar-refractivity contribution is 0.340. The zero-order chi connectivity index (χ0) is 18.5. The Balaban J connectivity index is 1.80. The number of benzene rings is 1. The van der Waals surface area contributed by atoms with E-state index in [1.54, 1.807) is 17.3 Å². The molecule has 136 valence electrons. The van der Waals surface area contributed by atoms with Crippen molar-refractivity contribution in [3.63, 3.8) is 0 Å². The molecule has 0 fully saturated rings. The lowest BCUT2D eigenvalue weighted by Gasteiger charge is -2.27. The van der Waals surface area contributed by atoms with Crippen LogP contribution in [0, 0.1) is 6.92 Å². The summed E-state index contributed by atoms with van der Waals surface area (Å²) in [4.78, 5) is 6.38. The second-order valence-electron chi connectivity index (χ2n) is 6.70. The van der Waals surface area contributed by atoms with Crippen molar-refractivity contribution >= 4 is 26.8 Å². The van der Waals surface area contributed by atoms with Crippen molar-refractivity contribution in [2.75, 3.05) is 18.5 Å². The number of hydrogen-bond donors (Lipinski definition) is 0. The number of rotatable bonds is 2. The van der Waals surface area contributed by atoms with Crippen molar-refractivity contribution in [2.24, 2.45) is 0 Å². The molecule has 1 unspecified atom stereocenters. The Kier molecular flexibility index (Phi) is 3.96. The number of nitrogens with zero attached hydrogens (tertiary/aromatic N) is 4. The lowest BCUT2D eigenvalue weighted by atomic mass is 10.1. The number of aryl methyl sites for hydroxylation is 1. The third-order valence-corrected chi connectivity index (χ3v) is 6.78. The largest absolute Gasteiger partial charge is 0.373 e. The summed E-state index contributed by atoms with van der Waals surface area (Å²) in [5.41, 5.74) is 3.01. The fraction of sp³-hybridized carbons (Fsp3) is 0.333. The van der Waals surface area contributed by atoms with Crippen molar-refractivity contribution in [1.29, 1.82) is 0 Å². The normalized spacial score (nSPS) is 18.7. The van der Waals surface area contributed by atoms with Gasteiger partial charge in [0.2, 0.25) is 10.0 Å². The third kappa shape index (κ3) is 2.65. The minimum atomic E-state index is -3.71. The smallest absolute Gasteiger partial charge is 0.257 e. The monoisotopic (exact) mass is 372 g/mol. The van der Waals surface area contributed by atoms with Gasteiger partial charge >= 0.3 is 0 Å². The van der Waals surface area contributed by atoms with E-state index in [4.69, 9.17) is 4.52 Å². The standard InChI is InChI=1S/C18H20N4O3S/c1-12-10-21(3)17-7-5-4-6-14(17)11-22(12)26(23,24)15-8-16-13(2)20-25-18(16)19-9-15/h4-9,12H,10-11H2,1-3H3. The molecule has 3 heterocycles. The minimum Gasteiger partial charge on any atom is -0.373 e. The van der Waals surface area contributed by atoms with Crippen molar-refractivity contribution in [2.45, 2.75) is 31.3 Å². The molecule has 1 aromatic carbocycles. The van der Waals surface area contributed by atoms with Gasteiger partial charge < -0.3 is 9.42 Å². The molecule has 1 atom stereocenters. The van der Waals surface area contributed by atoms with Gasteiger partial charge in [0.15, 0.2) is 0 Å². The second-order valence-corrected chi connectivity index (χ2v) is 8.59. The lowest BCUT2D eigenvalue weighted by Crippen LogP contribution is -2.41. The number of anilines is 1. The first-order chi connectivity index (χ1) is 12.4. The molecular formula is C18H20N4O3S. The zero-order valence-corrected chi connectivity index (χ0v) is 15.7. The highest BCUT2D eigenvalue weighted by atomic mass is 32.2. The number of pyridine rings is 1. The van der Waals surface area contributed by atoms with Crippen LogP contribution in [0.2, 0.25) is 0 Å². The van der Waals surface area contributed by atoms with E-state index in [1.165, 1.54) is 6.20 Å². The first kappa shape index (κ1) is 17.0. The van der Waals surface area contributed by atoms with Crippen molar-refractivity contribution < 1.29 is 12.9 Å². The minimum absolute atomic E-state index is 0.158. The van der Waals surface area contributed by atoms with Gasteiger partial charge in [-0.2, -0.15) is 4.31 Å². The first-order valence-corrected chi connectivity index (χ1v) is 9.85. The highest BCUT2D eigenvalue weighted by molar-refractivity contribution is 7.89. The van der Waals surface area contributed by atoms with Crippen LogP contribution in [0.4, 0.5) is 5.69 Å². The molecule has 0 amide bonds. The highest BCUT2D eigenvalue weighted by Crippen LogP contribution is 2.30. The van der Waals surface area contributed by atoms with E-state index < -0.39 is 10.0 Å². The van der Waals surface area contributed by atoms with Crippen LogP contribution in [0.5, 0.6) is 0 Å². The molecule has 0 N–H and O–H groups in total. The van der Waals surface area contributed by atoms with E-state index in [0.717, 1.165) is 11.3 Å². The Morgan fingerprint density at radius 1 is 1.27 bits per heavy atom. The van der Waals surface area contributed by atoms with Crippen LogP contribution >= 0.6 is 0 Å². The summed E-state index contributed by atoms with van der Waals surface area (Å²) in [5.74, 6) is 0. The Hall–Kier alpha value is -2.45. The van der Waals surface area contributed by atoms with Crippen molar-refractivity contribution in [3.05, 3.63) is 47.8 Å². The molecule has 0 bridgehead atoms. The Bertz CT molecular complexity index is 1080. The average molecular weight is 372 g/mol. The number of sulfonamides is 1. The summed E-state index contributed by atoms with van der Waals surface area (Å²) in [6.45, 7) is 4.63. The zero-order valence-electron chi connectivity index (χ0n) is 14.9. The summed E-state index contributed by atoms with van der Waals surface area (Å²) in [5, 5.41) is 4.47. The van der Waals surface area contributed by atoms with Gasteiger partial charge in [-0.3, -0.25) is 0 Å². The van der Waals surface area contributed by atoms with Crippen LogP contribution in [0.1, 0.15) is 18.2 Å². The van der Waals surface area contributed by atoms with Gasteiger partial charge in [0.1, 0.15) is 4.90 Å². The molecule has 4 rings (SSSR count). The summed E-state index contributed by atoms with van der Waals surface area (Å²) in [6, 6.07) is 9.30. The van der Waals surface area contributed by atoms with E-state index in [9.17, 15) is 8.42 Å². The van der Waals surface area contributed by atoms with Gasteiger partial charge in [-0.1, -0.05) is 23.4 Å². The second kappa shape index (κ2) is 6.07. The Morgan fingerprint density at radius 3 is 2.85 bits per heavy atom. The average Bonchev–Trinajstić information content (AvgIpc) is 2.93. The maximum absolute atomic E-state index is 13.4. The number of aromatic nitrogens is 2. The fourth-order valence-electron chi connectivity index (χ4n) is 3.45. The van der Waals surface area contributed by atoms with Crippen LogP contribution < -0.4 is 4.90 Å². The number of fused-ring (bicyclic) bond motifs is 2. The van der Waals surface area contributed by atoms with Crippen LogP contribution in [0.15, 0.2) is 45.9 Å². The van der Waals surface area contributed by atoms with Crippen LogP contribution in [0.3, 0.4) is 0 Å². The van der Waals surface area contributed by atoms with Crippen LogP contribution in [0.25, 0.3) is 11.1 Å². The van der Waals surface area contributed by atoms with Crippen molar-refractivity contribution in [1.82, 2.24) is 14.4 Å². The molecule has 0 radical (unpaired) electrons. The van der Waals surface area contributed by atoms with Crippen molar-refractivity contribution in [3.8, 4) is 0 Å². The van der Waals surface area contributed by atoms with Crippen LogP contribution in [-0.2, 0) is 16.6 Å².